The van der Waals surface area contributed by atoms with Gasteiger partial charge in [0.15, 0.2) is 0 Å². The molecule has 22 heavy (non-hydrogen) atoms. The number of rotatable bonds is 3. The highest BCUT2D eigenvalue weighted by Crippen LogP contribution is 2.37. The van der Waals surface area contributed by atoms with Gasteiger partial charge < -0.3 is 18.8 Å². The molecule has 1 aliphatic heterocycles. The van der Waals surface area contributed by atoms with E-state index in [0.29, 0.717) is 11.3 Å². The van der Waals surface area contributed by atoms with Crippen LogP contribution in [0.5, 0.6) is 11.9 Å². The Bertz CT molecular complexity index is 539. The van der Waals surface area contributed by atoms with Crippen LogP contribution in [0, 0.1) is 0 Å². The molecule has 1 saturated heterocycles. The van der Waals surface area contributed by atoms with Crippen LogP contribution >= 0.6 is 0 Å². The third-order valence-electron chi connectivity index (χ3n) is 3.86. The van der Waals surface area contributed by atoms with Gasteiger partial charge in [0, 0.05) is 6.20 Å². The van der Waals surface area contributed by atoms with E-state index in [4.69, 9.17) is 18.8 Å². The van der Waals surface area contributed by atoms with Crippen molar-refractivity contribution in [2.24, 2.45) is 0 Å². The van der Waals surface area contributed by atoms with E-state index in [2.05, 4.69) is 9.97 Å². The lowest BCUT2D eigenvalue weighted by molar-refractivity contribution is 0.00578. The molecule has 0 unspecified atom stereocenters. The normalized spacial score (nSPS) is 20.1. The van der Waals surface area contributed by atoms with Crippen LogP contribution in [0.25, 0.3) is 0 Å². The maximum absolute atomic E-state index is 6.01. The molecule has 2 rings (SSSR count). The molecule has 0 atom stereocenters. The van der Waals surface area contributed by atoms with Crippen LogP contribution in [-0.4, -0.2) is 41.0 Å². The Balaban J connectivity index is 2.30. The molecule has 0 aromatic carbocycles. The topological polar surface area (TPSA) is 62.7 Å². The first kappa shape index (κ1) is 17.0. The van der Waals surface area contributed by atoms with Gasteiger partial charge in [0.05, 0.1) is 23.8 Å². The highest BCUT2D eigenvalue weighted by atomic mass is 16.7. The summed E-state index contributed by atoms with van der Waals surface area (Å²) in [6, 6.07) is 0.268. The Morgan fingerprint density at radius 1 is 1.09 bits per heavy atom. The van der Waals surface area contributed by atoms with Crippen molar-refractivity contribution in [3.05, 3.63) is 6.20 Å². The molecule has 0 aliphatic carbocycles. The van der Waals surface area contributed by atoms with E-state index in [1.54, 1.807) is 13.3 Å². The number of nitrogens with zero attached hydrogens (tertiary/aromatic N) is 2. The monoisotopic (exact) mass is 308 g/mol. The Kier molecular flexibility index (Phi) is 4.17. The van der Waals surface area contributed by atoms with Crippen LogP contribution in [0.1, 0.15) is 48.5 Å². The van der Waals surface area contributed by atoms with Gasteiger partial charge in [0.25, 0.3) is 0 Å². The molecule has 1 aliphatic rings. The second-order valence-electron chi connectivity index (χ2n) is 7.42. The zero-order valence-corrected chi connectivity index (χ0v) is 14.7. The fourth-order valence-electron chi connectivity index (χ4n) is 1.98. The predicted molar refractivity (Wildman–Crippen MR) is 84.7 cm³/mol. The molecule has 6 nitrogen and oxygen atoms in total. The molecule has 2 heterocycles. The van der Waals surface area contributed by atoms with Crippen molar-refractivity contribution in [3.63, 3.8) is 0 Å². The van der Waals surface area contributed by atoms with Crippen molar-refractivity contribution in [2.75, 3.05) is 7.11 Å². The van der Waals surface area contributed by atoms with Crippen molar-refractivity contribution in [3.8, 4) is 11.9 Å². The average Bonchev–Trinajstić information content (AvgIpc) is 2.56. The maximum atomic E-state index is 6.01. The highest BCUT2D eigenvalue weighted by molar-refractivity contribution is 6.63. The third-order valence-corrected chi connectivity index (χ3v) is 3.86. The van der Waals surface area contributed by atoms with E-state index in [9.17, 15) is 0 Å². The summed E-state index contributed by atoms with van der Waals surface area (Å²) in [5.41, 5.74) is -0.578. The van der Waals surface area contributed by atoms with E-state index < -0.39 is 18.3 Å². The van der Waals surface area contributed by atoms with Crippen LogP contribution in [-0.2, 0) is 9.31 Å². The van der Waals surface area contributed by atoms with Gasteiger partial charge in [-0.15, -0.1) is 0 Å². The molecule has 7 heteroatoms. The third kappa shape index (κ3) is 3.36. The predicted octanol–water partition coefficient (Wildman–Crippen LogP) is 1.96. The summed E-state index contributed by atoms with van der Waals surface area (Å²) in [6.07, 6.45) is 1.63. The lowest BCUT2D eigenvalue weighted by atomic mass is 9.81. The summed E-state index contributed by atoms with van der Waals surface area (Å²) in [7, 11) is 0.987. The van der Waals surface area contributed by atoms with E-state index >= 15 is 0 Å². The average molecular weight is 308 g/mol. The van der Waals surface area contributed by atoms with Gasteiger partial charge in [-0.1, -0.05) is 0 Å². The van der Waals surface area contributed by atoms with Crippen LogP contribution in [0.2, 0.25) is 0 Å². The van der Waals surface area contributed by atoms with Gasteiger partial charge in [-0.05, 0) is 48.5 Å². The summed E-state index contributed by atoms with van der Waals surface area (Å²) in [4.78, 5) is 8.54. The largest absolute Gasteiger partial charge is 0.502 e. The van der Waals surface area contributed by atoms with E-state index in [1.165, 1.54) is 0 Å². The molecule has 0 bridgehead atoms. The molecular formula is C15H25BN2O4. The Morgan fingerprint density at radius 2 is 1.64 bits per heavy atom. The number of methoxy groups -OCH3 is 1. The van der Waals surface area contributed by atoms with Crippen molar-refractivity contribution in [1.82, 2.24) is 9.97 Å². The minimum Gasteiger partial charge on any atom is -0.481 e. The van der Waals surface area contributed by atoms with Gasteiger partial charge >= 0.3 is 13.1 Å². The zero-order chi connectivity index (χ0) is 16.8. The molecular weight excluding hydrogens is 283 g/mol. The maximum Gasteiger partial charge on any atom is 0.502 e. The standard InChI is InChI=1S/C15H25BN2O4/c1-13(2,3)20-12-17-9-10(11(18-12)19-8)16-21-14(4,5)15(6,7)22-16/h9H,1-8H3. The Hall–Kier alpha value is -1.34. The van der Waals surface area contributed by atoms with E-state index in [0.717, 1.165) is 0 Å². The first-order valence-electron chi connectivity index (χ1n) is 7.41. The van der Waals surface area contributed by atoms with Crippen LogP contribution in [0.15, 0.2) is 6.20 Å². The van der Waals surface area contributed by atoms with Crippen LogP contribution in [0.4, 0.5) is 0 Å². The lowest BCUT2D eigenvalue weighted by Crippen LogP contribution is -2.41. The first-order chi connectivity index (χ1) is 9.95. The second kappa shape index (κ2) is 5.39. The summed E-state index contributed by atoms with van der Waals surface area (Å²) in [5, 5.41) is 0. The van der Waals surface area contributed by atoms with Gasteiger partial charge in [0.1, 0.15) is 5.60 Å². The van der Waals surface area contributed by atoms with Gasteiger partial charge in [0.2, 0.25) is 5.88 Å². The molecule has 0 saturated carbocycles. The molecule has 0 N–H and O–H groups in total. The van der Waals surface area contributed by atoms with E-state index in [-0.39, 0.29) is 11.6 Å². The molecule has 0 radical (unpaired) electrons. The number of aromatic nitrogens is 2. The number of hydrogen-bond donors (Lipinski definition) is 0. The Morgan fingerprint density at radius 3 is 2.09 bits per heavy atom. The quantitative estimate of drug-likeness (QED) is 0.796. The fraction of sp³-hybridized carbons (Fsp3) is 0.733. The SMILES string of the molecule is COc1nc(OC(C)(C)C)ncc1B1OC(C)(C)C(C)(C)O1. The van der Waals surface area contributed by atoms with Crippen molar-refractivity contribution in [1.29, 1.82) is 0 Å². The van der Waals surface area contributed by atoms with Crippen LogP contribution in [0.3, 0.4) is 0 Å². The zero-order valence-electron chi connectivity index (χ0n) is 14.7. The minimum atomic E-state index is -0.566. The van der Waals surface area contributed by atoms with Gasteiger partial charge in [-0.25, -0.2) is 4.98 Å². The van der Waals surface area contributed by atoms with Crippen molar-refractivity contribution >= 4 is 12.6 Å². The molecule has 122 valence electrons. The molecule has 1 aromatic rings. The van der Waals surface area contributed by atoms with Crippen molar-refractivity contribution < 1.29 is 18.8 Å². The van der Waals surface area contributed by atoms with Crippen LogP contribution < -0.4 is 14.9 Å². The second-order valence-corrected chi connectivity index (χ2v) is 7.42. The smallest absolute Gasteiger partial charge is 0.481 e. The van der Waals surface area contributed by atoms with Gasteiger partial charge in [-0.3, -0.25) is 0 Å². The fourth-order valence-corrected chi connectivity index (χ4v) is 1.98. The summed E-state index contributed by atoms with van der Waals surface area (Å²) >= 11 is 0. The lowest BCUT2D eigenvalue weighted by Gasteiger charge is -2.32. The van der Waals surface area contributed by atoms with E-state index in [1.807, 2.05) is 48.5 Å². The minimum absolute atomic E-state index is 0.268. The molecule has 0 amide bonds. The summed E-state index contributed by atoms with van der Waals surface area (Å²) in [6.45, 7) is 13.8. The Labute approximate surface area is 132 Å². The molecule has 0 spiro atoms. The molecule has 1 fully saturated rings. The highest BCUT2D eigenvalue weighted by Gasteiger charge is 2.53. The summed E-state index contributed by atoms with van der Waals surface area (Å²) < 4.78 is 23.0. The first-order valence-corrected chi connectivity index (χ1v) is 7.41. The summed E-state index contributed by atoms with van der Waals surface area (Å²) in [5.74, 6) is 0.396. The molecule has 1 aromatic heterocycles. The number of ether oxygens (including phenoxy) is 2. The van der Waals surface area contributed by atoms with Crippen molar-refractivity contribution in [2.45, 2.75) is 65.3 Å². The van der Waals surface area contributed by atoms with Gasteiger partial charge in [-0.2, -0.15) is 4.98 Å². The number of hydrogen-bond acceptors (Lipinski definition) is 6.